The summed E-state index contributed by atoms with van der Waals surface area (Å²) in [7, 11) is 1.72. The zero-order chi connectivity index (χ0) is 19.0. The Hall–Kier alpha value is -3.20. The quantitative estimate of drug-likeness (QED) is 0.562. The summed E-state index contributed by atoms with van der Waals surface area (Å²) >= 11 is 1.02. The molecule has 0 spiro atoms. The van der Waals surface area contributed by atoms with Crippen molar-refractivity contribution in [2.24, 2.45) is 7.05 Å². The van der Waals surface area contributed by atoms with Crippen molar-refractivity contribution in [2.75, 3.05) is 5.32 Å². The lowest BCUT2D eigenvalue weighted by atomic mass is 10.3. The van der Waals surface area contributed by atoms with Crippen LogP contribution in [0.1, 0.15) is 20.2 Å². The number of thiophene rings is 1. The lowest BCUT2D eigenvalue weighted by Gasteiger charge is -2.07. The maximum absolute atomic E-state index is 12.8. The number of aryl methyl sites for hydroxylation is 1. The molecule has 0 radical (unpaired) electrons. The van der Waals surface area contributed by atoms with Crippen LogP contribution in [0, 0.1) is 24.0 Å². The van der Waals surface area contributed by atoms with E-state index in [0.717, 1.165) is 11.3 Å². The van der Waals surface area contributed by atoms with Gasteiger partial charge in [-0.1, -0.05) is 18.2 Å². The fraction of sp³-hybridized carbons (Fsp3) is 0.176. The Balaban J connectivity index is 1.99. The topological polar surface area (TPSA) is 99.2 Å². The average molecular weight is 372 g/mol. The molecule has 0 aliphatic carbocycles. The predicted molar refractivity (Wildman–Crippen MR) is 99.4 cm³/mol. The molecule has 1 N–H and O–H groups in total. The molecule has 2 aromatic heterocycles. The maximum atomic E-state index is 12.8. The van der Waals surface area contributed by atoms with Gasteiger partial charge < -0.3 is 5.32 Å². The zero-order valence-corrected chi connectivity index (χ0v) is 15.2. The van der Waals surface area contributed by atoms with Crippen LogP contribution in [0.25, 0.3) is 5.69 Å². The number of benzene rings is 1. The van der Waals surface area contributed by atoms with Gasteiger partial charge in [-0.05, 0) is 26.0 Å². The number of rotatable bonds is 4. The monoisotopic (exact) mass is 372 g/mol. The third-order valence-corrected chi connectivity index (χ3v) is 5.14. The average Bonchev–Trinajstić information content (AvgIpc) is 3.10. The number of hydrogen-bond acceptors (Lipinski definition) is 5. The number of nitrogens with one attached hydrogen (secondary N) is 1. The summed E-state index contributed by atoms with van der Waals surface area (Å²) in [4.78, 5) is 36.3. The molecule has 0 unspecified atom stereocenters. The standard InChI is InChI=1S/C17H16N4O4S/c1-10-15(17(23)20(19(10)3)12-7-5-4-6-8-12)18-16(22)14-9-13(21(24)25)11(2)26-14/h4-9H,1-3H3,(H,18,22). The van der Waals surface area contributed by atoms with Crippen LogP contribution in [0.3, 0.4) is 0 Å². The molecule has 0 fully saturated rings. The van der Waals surface area contributed by atoms with Crippen molar-refractivity contribution >= 4 is 28.6 Å². The minimum Gasteiger partial charge on any atom is -0.315 e. The number of anilines is 1. The van der Waals surface area contributed by atoms with Gasteiger partial charge in [-0.25, -0.2) is 4.68 Å². The highest BCUT2D eigenvalue weighted by Gasteiger charge is 2.23. The van der Waals surface area contributed by atoms with Crippen LogP contribution in [0.4, 0.5) is 11.4 Å². The largest absolute Gasteiger partial charge is 0.315 e. The summed E-state index contributed by atoms with van der Waals surface area (Å²) in [6.07, 6.45) is 0. The lowest BCUT2D eigenvalue weighted by Crippen LogP contribution is -2.22. The van der Waals surface area contributed by atoms with Crippen LogP contribution in [-0.4, -0.2) is 20.2 Å². The fourth-order valence-electron chi connectivity index (χ4n) is 2.65. The number of aromatic nitrogens is 2. The third kappa shape index (κ3) is 2.93. The van der Waals surface area contributed by atoms with Crippen molar-refractivity contribution in [3.63, 3.8) is 0 Å². The number of carbonyl (C=O) groups excluding carboxylic acids is 1. The number of hydrogen-bond donors (Lipinski definition) is 1. The van der Waals surface area contributed by atoms with Crippen LogP contribution in [0.2, 0.25) is 0 Å². The van der Waals surface area contributed by atoms with Gasteiger partial charge in [0.2, 0.25) is 0 Å². The molecule has 0 saturated carbocycles. The number of amides is 1. The Morgan fingerprint density at radius 2 is 1.88 bits per heavy atom. The molecule has 0 saturated heterocycles. The highest BCUT2D eigenvalue weighted by atomic mass is 32.1. The number of para-hydroxylation sites is 1. The van der Waals surface area contributed by atoms with Crippen LogP contribution in [-0.2, 0) is 7.05 Å². The van der Waals surface area contributed by atoms with E-state index in [1.165, 1.54) is 10.7 Å². The number of carbonyl (C=O) groups is 1. The molecule has 0 aliphatic rings. The highest BCUT2D eigenvalue weighted by molar-refractivity contribution is 7.14. The molecule has 8 nitrogen and oxygen atoms in total. The van der Waals surface area contributed by atoms with Crippen LogP contribution >= 0.6 is 11.3 Å². The molecule has 1 amide bonds. The van der Waals surface area contributed by atoms with E-state index in [9.17, 15) is 19.7 Å². The summed E-state index contributed by atoms with van der Waals surface area (Å²) in [5.41, 5.74) is 0.926. The van der Waals surface area contributed by atoms with E-state index in [-0.39, 0.29) is 21.8 Å². The SMILES string of the molecule is Cc1sc(C(=O)Nc2c(C)n(C)n(-c3ccccc3)c2=O)cc1[N+](=O)[O-]. The second kappa shape index (κ2) is 6.60. The molecule has 26 heavy (non-hydrogen) atoms. The van der Waals surface area contributed by atoms with Gasteiger partial charge in [0.1, 0.15) is 5.69 Å². The Morgan fingerprint density at radius 1 is 1.23 bits per heavy atom. The van der Waals surface area contributed by atoms with Crippen molar-refractivity contribution in [2.45, 2.75) is 13.8 Å². The summed E-state index contributed by atoms with van der Waals surface area (Å²) in [5.74, 6) is -0.544. The molecule has 2 heterocycles. The number of nitrogens with zero attached hydrogens (tertiary/aromatic N) is 3. The van der Waals surface area contributed by atoms with Crippen molar-refractivity contribution in [3.05, 3.63) is 72.3 Å². The molecular formula is C17H16N4O4S. The molecule has 3 rings (SSSR count). The second-order valence-corrected chi connectivity index (χ2v) is 6.96. The van der Waals surface area contributed by atoms with Crippen molar-refractivity contribution in [3.8, 4) is 5.69 Å². The summed E-state index contributed by atoms with van der Waals surface area (Å²) in [6, 6.07) is 10.3. The van der Waals surface area contributed by atoms with Gasteiger partial charge >= 0.3 is 0 Å². The van der Waals surface area contributed by atoms with E-state index >= 15 is 0 Å². The van der Waals surface area contributed by atoms with E-state index < -0.39 is 10.8 Å². The molecule has 0 aliphatic heterocycles. The molecule has 134 valence electrons. The molecule has 1 aromatic carbocycles. The molecule has 0 atom stereocenters. The molecular weight excluding hydrogens is 356 g/mol. The Labute approximate surface area is 152 Å². The first-order chi connectivity index (χ1) is 12.3. The van der Waals surface area contributed by atoms with E-state index in [4.69, 9.17) is 0 Å². The predicted octanol–water partition coefficient (Wildman–Crippen LogP) is 3.01. The van der Waals surface area contributed by atoms with Crippen LogP contribution in [0.5, 0.6) is 0 Å². The number of nitro groups is 1. The zero-order valence-electron chi connectivity index (χ0n) is 14.3. The molecule has 9 heteroatoms. The minimum absolute atomic E-state index is 0.105. The van der Waals surface area contributed by atoms with E-state index in [1.54, 1.807) is 37.7 Å². The van der Waals surface area contributed by atoms with Gasteiger partial charge in [0, 0.05) is 13.1 Å². The van der Waals surface area contributed by atoms with Crippen molar-refractivity contribution < 1.29 is 9.72 Å². The van der Waals surface area contributed by atoms with E-state index in [0.29, 0.717) is 16.3 Å². The summed E-state index contributed by atoms with van der Waals surface area (Å²) in [5, 5.41) is 13.6. The van der Waals surface area contributed by atoms with Gasteiger partial charge in [0.15, 0.2) is 0 Å². The maximum Gasteiger partial charge on any atom is 0.295 e. The summed E-state index contributed by atoms with van der Waals surface area (Å²) in [6.45, 7) is 3.30. The normalized spacial score (nSPS) is 10.7. The minimum atomic E-state index is -0.544. The van der Waals surface area contributed by atoms with Crippen molar-refractivity contribution in [1.29, 1.82) is 0 Å². The third-order valence-electron chi connectivity index (χ3n) is 4.10. The lowest BCUT2D eigenvalue weighted by molar-refractivity contribution is -0.385. The fourth-order valence-corrected chi connectivity index (χ4v) is 3.54. The van der Waals surface area contributed by atoms with Gasteiger partial charge in [-0.2, -0.15) is 0 Å². The Bertz CT molecular complexity index is 1060. The van der Waals surface area contributed by atoms with Crippen molar-refractivity contribution in [1.82, 2.24) is 9.36 Å². The van der Waals surface area contributed by atoms with Crippen LogP contribution < -0.4 is 10.9 Å². The Morgan fingerprint density at radius 3 is 2.46 bits per heavy atom. The highest BCUT2D eigenvalue weighted by Crippen LogP contribution is 2.28. The van der Waals surface area contributed by atoms with Gasteiger partial charge in [-0.15, -0.1) is 11.3 Å². The molecule has 3 aromatic rings. The smallest absolute Gasteiger partial charge is 0.295 e. The first kappa shape index (κ1) is 17.6. The van der Waals surface area contributed by atoms with E-state index in [2.05, 4.69) is 5.32 Å². The van der Waals surface area contributed by atoms with E-state index in [1.807, 2.05) is 18.2 Å². The first-order valence-electron chi connectivity index (χ1n) is 7.71. The summed E-state index contributed by atoms with van der Waals surface area (Å²) < 4.78 is 3.10. The molecule has 0 bridgehead atoms. The van der Waals surface area contributed by atoms with Gasteiger partial charge in [0.25, 0.3) is 17.2 Å². The Kier molecular flexibility index (Phi) is 4.47. The van der Waals surface area contributed by atoms with Gasteiger partial charge in [-0.3, -0.25) is 24.4 Å². The van der Waals surface area contributed by atoms with Gasteiger partial charge in [0.05, 0.1) is 26.1 Å². The van der Waals surface area contributed by atoms with Crippen LogP contribution in [0.15, 0.2) is 41.2 Å². The second-order valence-electron chi connectivity index (χ2n) is 5.70. The first-order valence-corrected chi connectivity index (χ1v) is 8.53.